The van der Waals surface area contributed by atoms with Crippen molar-refractivity contribution in [3.05, 3.63) is 34.1 Å². The van der Waals surface area contributed by atoms with E-state index < -0.39 is 0 Å². The van der Waals surface area contributed by atoms with Crippen LogP contribution in [-0.4, -0.2) is 6.04 Å². The Morgan fingerprint density at radius 1 is 1.11 bits per heavy atom. The highest BCUT2D eigenvalue weighted by Gasteiger charge is 2.13. The standard InChI is InChI=1S/C16H25BrFN/c1-11(2)7-15(8-12(3)4)19-10-13-9-14(18)5-6-16(13)17/h5-6,9,11-12,15,19H,7-8,10H2,1-4H3. The molecule has 1 aromatic rings. The van der Waals surface area contributed by atoms with Crippen molar-refractivity contribution < 1.29 is 4.39 Å². The smallest absolute Gasteiger partial charge is 0.123 e. The van der Waals surface area contributed by atoms with Gasteiger partial charge in [-0.25, -0.2) is 4.39 Å². The molecule has 0 saturated carbocycles. The second-order valence-electron chi connectivity index (χ2n) is 6.07. The molecule has 1 rings (SSSR count). The van der Waals surface area contributed by atoms with Gasteiger partial charge in [0.15, 0.2) is 0 Å². The van der Waals surface area contributed by atoms with Crippen LogP contribution in [-0.2, 0) is 6.54 Å². The third-order valence-corrected chi connectivity index (χ3v) is 3.87. The summed E-state index contributed by atoms with van der Waals surface area (Å²) in [6.45, 7) is 9.68. The number of nitrogens with one attached hydrogen (secondary N) is 1. The molecule has 0 fully saturated rings. The van der Waals surface area contributed by atoms with E-state index in [0.29, 0.717) is 24.4 Å². The predicted molar refractivity (Wildman–Crippen MR) is 83.6 cm³/mol. The maximum atomic E-state index is 13.2. The van der Waals surface area contributed by atoms with E-state index in [2.05, 4.69) is 48.9 Å². The van der Waals surface area contributed by atoms with Gasteiger partial charge in [-0.3, -0.25) is 0 Å². The lowest BCUT2D eigenvalue weighted by molar-refractivity contribution is 0.358. The Kier molecular flexibility index (Phi) is 7.01. The molecule has 0 aliphatic carbocycles. The van der Waals surface area contributed by atoms with Gasteiger partial charge in [-0.05, 0) is 48.4 Å². The Balaban J connectivity index is 2.61. The van der Waals surface area contributed by atoms with Crippen molar-refractivity contribution in [2.24, 2.45) is 11.8 Å². The number of benzene rings is 1. The minimum atomic E-state index is -0.177. The zero-order valence-electron chi connectivity index (χ0n) is 12.3. The van der Waals surface area contributed by atoms with Crippen molar-refractivity contribution in [1.82, 2.24) is 5.32 Å². The van der Waals surface area contributed by atoms with Gasteiger partial charge in [0.05, 0.1) is 0 Å². The van der Waals surface area contributed by atoms with Crippen LogP contribution in [0, 0.1) is 17.7 Å². The van der Waals surface area contributed by atoms with E-state index in [4.69, 9.17) is 0 Å². The van der Waals surface area contributed by atoms with Crippen LogP contribution in [0.25, 0.3) is 0 Å². The van der Waals surface area contributed by atoms with E-state index in [1.165, 1.54) is 6.07 Å². The van der Waals surface area contributed by atoms with Gasteiger partial charge >= 0.3 is 0 Å². The van der Waals surface area contributed by atoms with Gasteiger partial charge in [-0.1, -0.05) is 43.6 Å². The highest BCUT2D eigenvalue weighted by atomic mass is 79.9. The summed E-state index contributed by atoms with van der Waals surface area (Å²) in [5, 5.41) is 3.57. The van der Waals surface area contributed by atoms with Crippen LogP contribution in [0.4, 0.5) is 4.39 Å². The quantitative estimate of drug-likeness (QED) is 0.730. The van der Waals surface area contributed by atoms with Gasteiger partial charge in [0.1, 0.15) is 5.82 Å². The first-order chi connectivity index (χ1) is 8.88. The van der Waals surface area contributed by atoms with Crippen molar-refractivity contribution in [2.75, 3.05) is 0 Å². The first-order valence-corrected chi connectivity index (χ1v) is 7.85. The summed E-state index contributed by atoms with van der Waals surface area (Å²) in [5.41, 5.74) is 0.984. The summed E-state index contributed by atoms with van der Waals surface area (Å²) in [4.78, 5) is 0. The van der Waals surface area contributed by atoms with Crippen molar-refractivity contribution in [3.63, 3.8) is 0 Å². The summed E-state index contributed by atoms with van der Waals surface area (Å²) in [6, 6.07) is 5.34. The van der Waals surface area contributed by atoms with Gasteiger partial charge in [-0.2, -0.15) is 0 Å². The first kappa shape index (κ1) is 16.6. The summed E-state index contributed by atoms with van der Waals surface area (Å²) in [6.07, 6.45) is 2.32. The molecule has 0 spiro atoms. The molecule has 108 valence electrons. The van der Waals surface area contributed by atoms with Crippen LogP contribution >= 0.6 is 15.9 Å². The van der Waals surface area contributed by atoms with Crippen molar-refractivity contribution in [2.45, 2.75) is 53.1 Å². The average Bonchev–Trinajstić information content (AvgIpc) is 2.28. The zero-order chi connectivity index (χ0) is 14.4. The largest absolute Gasteiger partial charge is 0.310 e. The van der Waals surface area contributed by atoms with Crippen LogP contribution in [0.15, 0.2) is 22.7 Å². The van der Waals surface area contributed by atoms with E-state index in [-0.39, 0.29) is 5.82 Å². The fourth-order valence-electron chi connectivity index (χ4n) is 2.33. The second kappa shape index (κ2) is 8.01. The van der Waals surface area contributed by atoms with Gasteiger partial charge < -0.3 is 5.32 Å². The Labute approximate surface area is 125 Å². The Hall–Kier alpha value is -0.410. The van der Waals surface area contributed by atoms with Crippen molar-refractivity contribution in [1.29, 1.82) is 0 Å². The summed E-state index contributed by atoms with van der Waals surface area (Å²) in [5.74, 6) is 1.17. The Bertz CT molecular complexity index is 380. The lowest BCUT2D eigenvalue weighted by Crippen LogP contribution is -2.31. The first-order valence-electron chi connectivity index (χ1n) is 7.05. The fraction of sp³-hybridized carbons (Fsp3) is 0.625. The van der Waals surface area contributed by atoms with E-state index in [1.807, 2.05) is 0 Å². The SMILES string of the molecule is CC(C)CC(CC(C)C)NCc1cc(F)ccc1Br. The maximum absolute atomic E-state index is 13.2. The van der Waals surface area contributed by atoms with Gasteiger partial charge in [0.25, 0.3) is 0 Å². The van der Waals surface area contributed by atoms with Gasteiger partial charge in [-0.15, -0.1) is 0 Å². The van der Waals surface area contributed by atoms with Crippen LogP contribution in [0.5, 0.6) is 0 Å². The lowest BCUT2D eigenvalue weighted by atomic mass is 9.95. The Morgan fingerprint density at radius 2 is 1.68 bits per heavy atom. The number of halogens is 2. The molecular formula is C16H25BrFN. The molecule has 3 heteroatoms. The molecule has 19 heavy (non-hydrogen) atoms. The van der Waals surface area contributed by atoms with E-state index in [0.717, 1.165) is 22.9 Å². The topological polar surface area (TPSA) is 12.0 Å². The lowest BCUT2D eigenvalue weighted by Gasteiger charge is -2.23. The molecule has 0 atom stereocenters. The van der Waals surface area contributed by atoms with Crippen LogP contribution in [0.1, 0.15) is 46.1 Å². The summed E-state index contributed by atoms with van der Waals surface area (Å²) < 4.78 is 14.2. The Morgan fingerprint density at radius 3 is 2.21 bits per heavy atom. The van der Waals surface area contributed by atoms with E-state index in [1.54, 1.807) is 12.1 Å². The van der Waals surface area contributed by atoms with E-state index >= 15 is 0 Å². The molecule has 0 saturated heterocycles. The van der Waals surface area contributed by atoms with Crippen molar-refractivity contribution in [3.8, 4) is 0 Å². The summed E-state index contributed by atoms with van der Waals surface area (Å²) >= 11 is 3.48. The molecule has 1 nitrogen and oxygen atoms in total. The molecule has 0 heterocycles. The highest BCUT2D eigenvalue weighted by Crippen LogP contribution is 2.19. The minimum Gasteiger partial charge on any atom is -0.310 e. The molecule has 0 bridgehead atoms. The maximum Gasteiger partial charge on any atom is 0.123 e. The van der Waals surface area contributed by atoms with Crippen LogP contribution in [0.3, 0.4) is 0 Å². The average molecular weight is 330 g/mol. The van der Waals surface area contributed by atoms with E-state index in [9.17, 15) is 4.39 Å². The van der Waals surface area contributed by atoms with Crippen LogP contribution in [0.2, 0.25) is 0 Å². The van der Waals surface area contributed by atoms with Gasteiger partial charge in [0, 0.05) is 17.1 Å². The molecule has 0 aromatic heterocycles. The number of rotatable bonds is 7. The molecule has 1 N–H and O–H groups in total. The van der Waals surface area contributed by atoms with Crippen LogP contribution < -0.4 is 5.32 Å². The molecule has 0 aliphatic heterocycles. The molecular weight excluding hydrogens is 305 g/mol. The fourth-order valence-corrected chi connectivity index (χ4v) is 2.72. The van der Waals surface area contributed by atoms with Gasteiger partial charge in [0.2, 0.25) is 0 Å². The number of hydrogen-bond acceptors (Lipinski definition) is 1. The molecule has 0 radical (unpaired) electrons. The second-order valence-corrected chi connectivity index (χ2v) is 6.93. The highest BCUT2D eigenvalue weighted by molar-refractivity contribution is 9.10. The normalized spacial score (nSPS) is 11.8. The number of hydrogen-bond donors (Lipinski definition) is 1. The predicted octanol–water partition coefficient (Wildman–Crippen LogP) is 5.14. The zero-order valence-corrected chi connectivity index (χ0v) is 13.9. The van der Waals surface area contributed by atoms with Crippen molar-refractivity contribution >= 4 is 15.9 Å². The molecule has 0 aliphatic rings. The minimum absolute atomic E-state index is 0.177. The monoisotopic (exact) mass is 329 g/mol. The molecule has 0 unspecified atom stereocenters. The molecule has 0 amide bonds. The third kappa shape index (κ3) is 6.53. The summed E-state index contributed by atoms with van der Waals surface area (Å²) in [7, 11) is 0. The molecule has 1 aromatic carbocycles. The third-order valence-electron chi connectivity index (χ3n) is 3.10.